The van der Waals surface area contributed by atoms with Crippen LogP contribution in [0.15, 0.2) is 18.2 Å². The topological polar surface area (TPSA) is 29.1 Å². The number of rotatable bonds is 2. The molecule has 1 rings (SSSR count). The molecular formula is C10H7F2NO. The van der Waals surface area contributed by atoms with E-state index in [1.54, 1.807) is 0 Å². The van der Waals surface area contributed by atoms with Gasteiger partial charge in [0.25, 0.3) is 5.91 Å². The van der Waals surface area contributed by atoms with Gasteiger partial charge in [0.2, 0.25) is 0 Å². The summed E-state index contributed by atoms with van der Waals surface area (Å²) >= 11 is 0. The van der Waals surface area contributed by atoms with Crippen LogP contribution in [0.25, 0.3) is 0 Å². The first-order chi connectivity index (χ1) is 6.63. The van der Waals surface area contributed by atoms with Gasteiger partial charge in [-0.2, -0.15) is 0 Å². The third-order valence-corrected chi connectivity index (χ3v) is 1.48. The van der Waals surface area contributed by atoms with E-state index in [1.807, 2.05) is 0 Å². The number of benzene rings is 1. The minimum Gasteiger partial charge on any atom is -0.341 e. The number of terminal acetylenes is 1. The average Bonchev–Trinajstić information content (AvgIpc) is 2.12. The maximum Gasteiger partial charge on any atom is 0.252 e. The molecule has 1 aromatic carbocycles. The molecule has 14 heavy (non-hydrogen) atoms. The van der Waals surface area contributed by atoms with Crippen molar-refractivity contribution < 1.29 is 13.6 Å². The van der Waals surface area contributed by atoms with Crippen molar-refractivity contribution in [1.29, 1.82) is 0 Å². The Balaban J connectivity index is 2.85. The van der Waals surface area contributed by atoms with Crippen molar-refractivity contribution in [3.8, 4) is 12.3 Å². The summed E-state index contributed by atoms with van der Waals surface area (Å²) in [6.45, 7) is 0.0248. The molecule has 1 aromatic rings. The lowest BCUT2D eigenvalue weighted by atomic mass is 10.2. The maximum atomic E-state index is 12.7. The molecule has 0 bridgehead atoms. The van der Waals surface area contributed by atoms with Crippen LogP contribution < -0.4 is 5.32 Å². The molecule has 0 spiro atoms. The van der Waals surface area contributed by atoms with Crippen molar-refractivity contribution in [1.82, 2.24) is 5.32 Å². The van der Waals surface area contributed by atoms with Gasteiger partial charge in [-0.25, -0.2) is 8.78 Å². The summed E-state index contributed by atoms with van der Waals surface area (Å²) in [6, 6.07) is 2.57. The van der Waals surface area contributed by atoms with E-state index in [0.717, 1.165) is 12.1 Å². The van der Waals surface area contributed by atoms with Gasteiger partial charge in [-0.15, -0.1) is 6.42 Å². The van der Waals surface area contributed by atoms with Crippen LogP contribution in [-0.2, 0) is 0 Å². The van der Waals surface area contributed by atoms with Crippen LogP contribution in [0.1, 0.15) is 10.4 Å². The summed E-state index contributed by atoms with van der Waals surface area (Å²) in [5.74, 6) is -0.00883. The van der Waals surface area contributed by atoms with E-state index < -0.39 is 17.5 Å². The number of carbonyl (C=O) groups excluding carboxylic acids is 1. The summed E-state index contributed by atoms with van der Waals surface area (Å²) < 4.78 is 25.3. The number of hydrogen-bond donors (Lipinski definition) is 1. The summed E-state index contributed by atoms with van der Waals surface area (Å²) in [7, 11) is 0. The fourth-order valence-corrected chi connectivity index (χ4v) is 0.918. The fraction of sp³-hybridized carbons (Fsp3) is 0.100. The Bertz CT molecular complexity index is 375. The van der Waals surface area contributed by atoms with E-state index in [-0.39, 0.29) is 12.1 Å². The first kappa shape index (κ1) is 10.2. The lowest BCUT2D eigenvalue weighted by Crippen LogP contribution is -2.23. The third kappa shape index (κ3) is 2.56. The zero-order valence-electron chi connectivity index (χ0n) is 7.18. The molecule has 1 amide bonds. The number of hydrogen-bond acceptors (Lipinski definition) is 1. The largest absolute Gasteiger partial charge is 0.341 e. The Morgan fingerprint density at radius 3 is 2.43 bits per heavy atom. The molecule has 0 aliphatic rings. The molecule has 0 aliphatic carbocycles. The maximum absolute atomic E-state index is 12.7. The van der Waals surface area contributed by atoms with Gasteiger partial charge in [0.15, 0.2) is 0 Å². The monoisotopic (exact) mass is 195 g/mol. The average molecular weight is 195 g/mol. The normalized spacial score (nSPS) is 9.21. The van der Waals surface area contributed by atoms with Crippen molar-refractivity contribution >= 4 is 5.91 Å². The van der Waals surface area contributed by atoms with Crippen molar-refractivity contribution in [3.63, 3.8) is 0 Å². The minimum atomic E-state index is -0.796. The van der Waals surface area contributed by atoms with Crippen molar-refractivity contribution in [2.45, 2.75) is 0 Å². The molecule has 2 nitrogen and oxygen atoms in total. The van der Waals surface area contributed by atoms with Gasteiger partial charge < -0.3 is 5.32 Å². The van der Waals surface area contributed by atoms with Crippen LogP contribution >= 0.6 is 0 Å². The van der Waals surface area contributed by atoms with Gasteiger partial charge in [-0.1, -0.05) is 5.92 Å². The van der Waals surface area contributed by atoms with Crippen molar-refractivity contribution in [3.05, 3.63) is 35.4 Å². The van der Waals surface area contributed by atoms with E-state index in [9.17, 15) is 13.6 Å². The predicted molar refractivity (Wildman–Crippen MR) is 47.5 cm³/mol. The third-order valence-electron chi connectivity index (χ3n) is 1.48. The zero-order chi connectivity index (χ0) is 10.6. The number of amides is 1. The fourth-order valence-electron chi connectivity index (χ4n) is 0.918. The first-order valence-corrected chi connectivity index (χ1v) is 3.81. The van der Waals surface area contributed by atoms with Crippen LogP contribution in [0.3, 0.4) is 0 Å². The molecule has 72 valence electrons. The Morgan fingerprint density at radius 2 is 1.93 bits per heavy atom. The lowest BCUT2D eigenvalue weighted by molar-refractivity contribution is 0.0957. The molecule has 0 unspecified atom stereocenters. The number of nitrogens with one attached hydrogen (secondary N) is 1. The van der Waals surface area contributed by atoms with Crippen LogP contribution in [0.5, 0.6) is 0 Å². The Kier molecular flexibility index (Phi) is 3.19. The van der Waals surface area contributed by atoms with E-state index in [4.69, 9.17) is 6.42 Å². The van der Waals surface area contributed by atoms with Gasteiger partial charge in [0.05, 0.1) is 6.54 Å². The summed E-state index contributed by atoms with van der Waals surface area (Å²) in [5.41, 5.74) is -0.0854. The van der Waals surface area contributed by atoms with Crippen molar-refractivity contribution in [2.75, 3.05) is 6.54 Å². The molecule has 0 aliphatic heterocycles. The van der Waals surface area contributed by atoms with Crippen LogP contribution in [0, 0.1) is 24.0 Å². The molecule has 0 radical (unpaired) electrons. The molecular weight excluding hydrogens is 188 g/mol. The van der Waals surface area contributed by atoms with Gasteiger partial charge in [0, 0.05) is 11.6 Å². The summed E-state index contributed by atoms with van der Waals surface area (Å²) in [4.78, 5) is 11.2. The van der Waals surface area contributed by atoms with Crippen LogP contribution in [0.2, 0.25) is 0 Å². The second-order valence-corrected chi connectivity index (χ2v) is 2.54. The second-order valence-electron chi connectivity index (χ2n) is 2.54. The first-order valence-electron chi connectivity index (χ1n) is 3.81. The predicted octanol–water partition coefficient (Wildman–Crippen LogP) is 1.33. The minimum absolute atomic E-state index is 0.0248. The molecule has 0 saturated carbocycles. The van der Waals surface area contributed by atoms with Gasteiger partial charge in [-0.05, 0) is 12.1 Å². The van der Waals surface area contributed by atoms with Gasteiger partial charge >= 0.3 is 0 Å². The molecule has 4 heteroatoms. The van der Waals surface area contributed by atoms with E-state index in [1.165, 1.54) is 0 Å². The second kappa shape index (κ2) is 4.38. The quantitative estimate of drug-likeness (QED) is 0.708. The number of carbonyl (C=O) groups is 1. The highest BCUT2D eigenvalue weighted by atomic mass is 19.1. The van der Waals surface area contributed by atoms with Crippen LogP contribution in [-0.4, -0.2) is 12.5 Å². The van der Waals surface area contributed by atoms with Crippen LogP contribution in [0.4, 0.5) is 8.78 Å². The van der Waals surface area contributed by atoms with E-state index in [0.29, 0.717) is 6.07 Å². The molecule has 0 fully saturated rings. The highest BCUT2D eigenvalue weighted by Gasteiger charge is 2.07. The highest BCUT2D eigenvalue weighted by molar-refractivity contribution is 5.94. The molecule has 0 aromatic heterocycles. The molecule has 0 saturated heterocycles. The standard InChI is InChI=1S/C10H7F2NO/c1-2-3-13-10(14)7-4-8(11)6-9(12)5-7/h1,4-6H,3H2,(H,13,14). The molecule has 1 N–H and O–H groups in total. The summed E-state index contributed by atoms with van der Waals surface area (Å²) in [5, 5.41) is 2.29. The van der Waals surface area contributed by atoms with Gasteiger partial charge in [0.1, 0.15) is 11.6 Å². The Morgan fingerprint density at radius 1 is 1.36 bits per heavy atom. The zero-order valence-corrected chi connectivity index (χ0v) is 7.18. The SMILES string of the molecule is C#CCNC(=O)c1cc(F)cc(F)c1. The van der Waals surface area contributed by atoms with Gasteiger partial charge in [-0.3, -0.25) is 4.79 Å². The van der Waals surface area contributed by atoms with E-state index in [2.05, 4.69) is 11.2 Å². The Hall–Kier alpha value is -1.89. The number of halogens is 2. The van der Waals surface area contributed by atoms with Crippen molar-refractivity contribution in [2.24, 2.45) is 0 Å². The summed E-state index contributed by atoms with van der Waals surface area (Å²) in [6.07, 6.45) is 4.90. The molecule has 0 atom stereocenters. The molecule has 0 heterocycles. The Labute approximate surface area is 79.9 Å². The lowest BCUT2D eigenvalue weighted by Gasteiger charge is -2.01. The highest BCUT2D eigenvalue weighted by Crippen LogP contribution is 2.07. The smallest absolute Gasteiger partial charge is 0.252 e. The van der Waals surface area contributed by atoms with E-state index >= 15 is 0 Å².